The topological polar surface area (TPSA) is 139 Å². The minimum atomic E-state index is -0.319. The van der Waals surface area contributed by atoms with E-state index >= 15 is 0 Å². The molecule has 0 saturated heterocycles. The second kappa shape index (κ2) is 40.8. The zero-order valence-electron chi connectivity index (χ0n) is 34.5. The van der Waals surface area contributed by atoms with Crippen molar-refractivity contribution in [2.45, 2.75) is 72.3 Å². The first kappa shape index (κ1) is 59.3. The summed E-state index contributed by atoms with van der Waals surface area (Å²) in [6, 6.07) is 4.72. The van der Waals surface area contributed by atoms with Crippen LogP contribution >= 0.6 is 97.5 Å². The molecular weight excluding hydrogens is 870 g/mol. The molecule has 9 nitrogen and oxygen atoms in total. The Labute approximate surface area is 367 Å². The van der Waals surface area contributed by atoms with Crippen LogP contribution < -0.4 is 16.0 Å². The van der Waals surface area contributed by atoms with Gasteiger partial charge in [-0.1, -0.05) is 87.9 Å². The van der Waals surface area contributed by atoms with Crippen molar-refractivity contribution in [3.05, 3.63) is 29.3 Å². The third-order valence-corrected chi connectivity index (χ3v) is 14.3. The molecule has 0 spiro atoms. The number of carbonyl (C=O) groups excluding carboxylic acids is 6. The van der Waals surface area contributed by atoms with Crippen LogP contribution in [0.1, 0.15) is 75.7 Å². The van der Waals surface area contributed by atoms with Crippen LogP contribution in [-0.2, 0) is 30.4 Å². The third-order valence-electron chi connectivity index (χ3n) is 7.61. The highest BCUT2D eigenvalue weighted by Gasteiger charge is 2.17. The molecule has 2 amide bonds. The summed E-state index contributed by atoms with van der Waals surface area (Å²) in [6.07, 6.45) is 16.0. The van der Waals surface area contributed by atoms with E-state index in [9.17, 15) is 28.8 Å². The average molecular weight is 936 g/mol. The third kappa shape index (κ3) is 34.6. The van der Waals surface area contributed by atoms with Crippen molar-refractivity contribution in [2.75, 3.05) is 79.5 Å². The van der Waals surface area contributed by atoms with Crippen LogP contribution in [0.3, 0.4) is 0 Å². The zero-order valence-corrected chi connectivity index (χ0v) is 42.2. The van der Waals surface area contributed by atoms with Gasteiger partial charge >= 0.3 is 0 Å². The van der Waals surface area contributed by atoms with Crippen molar-refractivity contribution in [1.82, 2.24) is 10.6 Å². The predicted molar refractivity (Wildman–Crippen MR) is 262 cm³/mol. The van der Waals surface area contributed by atoms with Gasteiger partial charge in [-0.3, -0.25) is 28.8 Å². The number of rotatable bonds is 26. The molecule has 0 heterocycles. The molecule has 0 aromatic heterocycles. The lowest BCUT2D eigenvalue weighted by Crippen LogP contribution is -2.31. The summed E-state index contributed by atoms with van der Waals surface area (Å²) in [4.78, 5) is 73.4. The monoisotopic (exact) mass is 935 g/mol. The summed E-state index contributed by atoms with van der Waals surface area (Å²) in [6.45, 7) is 7.44. The van der Waals surface area contributed by atoms with Gasteiger partial charge < -0.3 is 16.0 Å². The Kier molecular flexibility index (Phi) is 44.0. The van der Waals surface area contributed by atoms with E-state index < -0.39 is 0 Å². The summed E-state index contributed by atoms with van der Waals surface area (Å²) >= 11 is 2.81. The Balaban J connectivity index is -0.00000196. The zero-order chi connectivity index (χ0) is 42.6. The lowest BCUT2D eigenvalue weighted by Gasteiger charge is -2.14. The van der Waals surface area contributed by atoms with Crippen LogP contribution in [0.4, 0.5) is 5.69 Å². The largest absolute Gasteiger partial charge is 0.352 e. The molecule has 0 bridgehead atoms. The molecule has 1 unspecified atom stereocenters. The highest BCUT2D eigenvalue weighted by molar-refractivity contribution is 8.76. The van der Waals surface area contributed by atoms with Gasteiger partial charge in [0, 0.05) is 47.6 Å². The lowest BCUT2D eigenvalue weighted by atomic mass is 10.0. The molecule has 1 aromatic rings. The Morgan fingerprint density at radius 3 is 1.62 bits per heavy atom. The molecule has 0 aliphatic heterocycles. The maximum Gasteiger partial charge on any atom is 0.251 e. The maximum absolute atomic E-state index is 13.0. The average Bonchev–Trinajstić information content (AvgIpc) is 3.16. The minimum absolute atomic E-state index is 0.00246. The van der Waals surface area contributed by atoms with E-state index in [0.717, 1.165) is 19.3 Å². The molecule has 0 saturated carbocycles. The standard InChI is InChI=1S/C31H48N3O6PS2.3C2H6S2/c1-6-23(20(3)35)16-42-18-27(37)14-22-12-25(30(39)33-11-9-8-10-28(32-5)31(40)41)15-26(13-22)34-29(38)19-43-17-24(7-2)21(4)36;3*1-3-4-2/h12-13,15,23-24,28,32H,6-11,14,16-19,41H2,1-5H3,(H,33,39)(H,34,38);3*1-2H3/t23-,24-,28-;;;/m0.../s1. The highest BCUT2D eigenvalue weighted by atomic mass is 33.1. The smallest absolute Gasteiger partial charge is 0.251 e. The molecule has 55 heavy (non-hydrogen) atoms. The van der Waals surface area contributed by atoms with E-state index in [1.54, 1.807) is 104 Å². The van der Waals surface area contributed by atoms with Crippen molar-refractivity contribution in [2.24, 2.45) is 11.8 Å². The van der Waals surface area contributed by atoms with Crippen molar-refractivity contribution in [3.63, 3.8) is 0 Å². The SMILES string of the molecule is CC[C@@H](CSCC(=O)Cc1cc(NC(=O)CSC[C@H](CC)C(C)=O)cc(C(=O)NCCCC[C@H](NC)C(=O)P)c1)C(C)=O.CSSC.CSSC.CSSC. The lowest BCUT2D eigenvalue weighted by molar-refractivity contribution is -0.120. The molecule has 318 valence electrons. The number of hydrogen-bond acceptors (Lipinski definition) is 15. The first-order chi connectivity index (χ1) is 26.2. The normalized spacial score (nSPS) is 11.9. The van der Waals surface area contributed by atoms with Gasteiger partial charge in [0.2, 0.25) is 5.91 Å². The first-order valence-electron chi connectivity index (χ1n) is 17.7. The molecule has 0 aliphatic rings. The van der Waals surface area contributed by atoms with Crippen LogP contribution in [-0.4, -0.2) is 115 Å². The van der Waals surface area contributed by atoms with Crippen molar-refractivity contribution < 1.29 is 28.8 Å². The number of anilines is 1. The van der Waals surface area contributed by atoms with E-state index in [4.69, 9.17) is 0 Å². The Morgan fingerprint density at radius 2 is 1.20 bits per heavy atom. The summed E-state index contributed by atoms with van der Waals surface area (Å²) in [5.74, 6) is 0.999. The second-order valence-corrected chi connectivity index (χ2v) is 22.3. The Morgan fingerprint density at radius 1 is 0.709 bits per heavy atom. The van der Waals surface area contributed by atoms with Gasteiger partial charge in [-0.05, 0) is 114 Å². The van der Waals surface area contributed by atoms with E-state index in [1.165, 1.54) is 23.5 Å². The summed E-state index contributed by atoms with van der Waals surface area (Å²) in [7, 11) is 14.6. The number of benzene rings is 1. The summed E-state index contributed by atoms with van der Waals surface area (Å²) in [5, 5.41) is 8.70. The number of likely N-dealkylation sites (N-methyl/N-ethyl adjacent to an activating group) is 1. The van der Waals surface area contributed by atoms with Crippen LogP contribution in [0.2, 0.25) is 0 Å². The molecule has 3 N–H and O–H groups in total. The van der Waals surface area contributed by atoms with Crippen LogP contribution in [0.15, 0.2) is 18.2 Å². The van der Waals surface area contributed by atoms with Gasteiger partial charge in [0.25, 0.3) is 5.91 Å². The Hall–Kier alpha value is 0.0300. The fraction of sp³-hybridized carbons (Fsp3) is 0.676. The molecule has 0 radical (unpaired) electrons. The van der Waals surface area contributed by atoms with Crippen LogP contribution in [0.25, 0.3) is 0 Å². The second-order valence-electron chi connectivity index (χ2n) is 11.6. The fourth-order valence-corrected chi connectivity index (χ4v) is 7.00. The van der Waals surface area contributed by atoms with Crippen LogP contribution in [0, 0.1) is 11.8 Å². The molecule has 1 aromatic carbocycles. The molecule has 18 heteroatoms. The van der Waals surface area contributed by atoms with Crippen molar-refractivity contribution >= 4 is 138 Å². The number of nitrogens with one attached hydrogen (secondary N) is 3. The number of thioether (sulfide) groups is 2. The minimum Gasteiger partial charge on any atom is -0.352 e. The number of Topliss-reactive ketones (excluding diaryl/α,β-unsaturated/α-hetero) is 3. The van der Waals surface area contributed by atoms with Gasteiger partial charge in [-0.15, -0.1) is 0 Å². The van der Waals surface area contributed by atoms with Crippen LogP contribution in [0.5, 0.6) is 0 Å². The number of amides is 2. The van der Waals surface area contributed by atoms with E-state index in [1.807, 2.05) is 13.8 Å². The number of hydrogen-bond donors (Lipinski definition) is 3. The number of ketones is 3. The molecule has 1 rings (SSSR count). The van der Waals surface area contributed by atoms with Gasteiger partial charge in [0.1, 0.15) is 17.3 Å². The highest BCUT2D eigenvalue weighted by Crippen LogP contribution is 2.20. The van der Waals surface area contributed by atoms with Gasteiger partial charge in [0.05, 0.1) is 17.5 Å². The molecular formula is C37H66N3O6PS8. The van der Waals surface area contributed by atoms with Crippen molar-refractivity contribution in [1.29, 1.82) is 0 Å². The first-order valence-corrected chi connectivity index (χ1v) is 29.5. The number of carbonyl (C=O) groups is 6. The van der Waals surface area contributed by atoms with Gasteiger partial charge in [0.15, 0.2) is 5.52 Å². The van der Waals surface area contributed by atoms with Gasteiger partial charge in [-0.2, -0.15) is 23.5 Å². The molecule has 0 fully saturated rings. The van der Waals surface area contributed by atoms with E-state index in [0.29, 0.717) is 47.7 Å². The molecule has 4 atom stereocenters. The summed E-state index contributed by atoms with van der Waals surface area (Å²) < 4.78 is 0. The molecule has 0 aliphatic carbocycles. The van der Waals surface area contributed by atoms with E-state index in [2.05, 4.69) is 62.7 Å². The quantitative estimate of drug-likeness (QED) is 0.0462. The van der Waals surface area contributed by atoms with E-state index in [-0.39, 0.29) is 70.5 Å². The predicted octanol–water partition coefficient (Wildman–Crippen LogP) is 9.21. The van der Waals surface area contributed by atoms with Gasteiger partial charge in [-0.25, -0.2) is 0 Å². The summed E-state index contributed by atoms with van der Waals surface area (Å²) in [5.41, 5.74) is 1.36. The van der Waals surface area contributed by atoms with Crippen molar-refractivity contribution in [3.8, 4) is 0 Å². The number of unbranched alkanes of at least 4 members (excludes halogenated alkanes) is 1. The fourth-order valence-electron chi connectivity index (χ4n) is 4.33. The maximum atomic E-state index is 13.0. The Bertz CT molecular complexity index is 1160.